The van der Waals surface area contributed by atoms with Gasteiger partial charge in [0.1, 0.15) is 0 Å². The number of rotatable bonds is 5. The zero-order valence-corrected chi connectivity index (χ0v) is 18.7. The van der Waals surface area contributed by atoms with Crippen molar-refractivity contribution in [3.63, 3.8) is 0 Å². The van der Waals surface area contributed by atoms with Gasteiger partial charge in [0.2, 0.25) is 5.91 Å². The van der Waals surface area contributed by atoms with Crippen molar-refractivity contribution in [1.29, 1.82) is 0 Å². The molecular formula is C22H19ClN4O3S. The number of aryl methyl sites for hydroxylation is 2. The van der Waals surface area contributed by atoms with Crippen molar-refractivity contribution in [2.75, 3.05) is 18.9 Å². The van der Waals surface area contributed by atoms with Crippen LogP contribution in [0.15, 0.2) is 47.0 Å². The van der Waals surface area contributed by atoms with Crippen LogP contribution in [0.3, 0.4) is 0 Å². The number of anilines is 1. The van der Waals surface area contributed by atoms with Crippen LogP contribution in [0.25, 0.3) is 21.7 Å². The summed E-state index contributed by atoms with van der Waals surface area (Å²) in [6.45, 7) is 3.63. The lowest BCUT2D eigenvalue weighted by atomic mass is 10.1. The van der Waals surface area contributed by atoms with Crippen LogP contribution in [-0.2, 0) is 4.79 Å². The second-order valence-electron chi connectivity index (χ2n) is 7.13. The fourth-order valence-electron chi connectivity index (χ4n) is 3.22. The van der Waals surface area contributed by atoms with Crippen LogP contribution in [0, 0.1) is 13.8 Å². The van der Waals surface area contributed by atoms with E-state index in [4.69, 9.17) is 16.1 Å². The van der Waals surface area contributed by atoms with Gasteiger partial charge in [-0.3, -0.25) is 9.59 Å². The van der Waals surface area contributed by atoms with Crippen molar-refractivity contribution in [2.24, 2.45) is 0 Å². The van der Waals surface area contributed by atoms with E-state index in [1.807, 2.05) is 19.1 Å². The zero-order valence-electron chi connectivity index (χ0n) is 17.1. The van der Waals surface area contributed by atoms with Crippen LogP contribution in [-0.4, -0.2) is 40.4 Å². The van der Waals surface area contributed by atoms with Gasteiger partial charge in [0.05, 0.1) is 33.8 Å². The number of benzene rings is 1. The number of hydrogen-bond donors (Lipinski definition) is 1. The van der Waals surface area contributed by atoms with Crippen LogP contribution >= 0.6 is 22.9 Å². The normalized spacial score (nSPS) is 11.0. The molecule has 9 heteroatoms. The molecule has 0 fully saturated rings. The van der Waals surface area contributed by atoms with E-state index in [0.717, 1.165) is 9.75 Å². The van der Waals surface area contributed by atoms with Crippen molar-refractivity contribution in [1.82, 2.24) is 15.0 Å². The van der Waals surface area contributed by atoms with Gasteiger partial charge in [0, 0.05) is 22.6 Å². The Balaban J connectivity index is 1.61. The largest absolute Gasteiger partial charge is 0.335 e. The van der Waals surface area contributed by atoms with Gasteiger partial charge in [-0.25, -0.2) is 4.98 Å². The number of nitrogens with zero attached hydrogens (tertiary/aromatic N) is 3. The molecule has 158 valence electrons. The highest BCUT2D eigenvalue weighted by Gasteiger charge is 2.23. The molecule has 31 heavy (non-hydrogen) atoms. The lowest BCUT2D eigenvalue weighted by molar-refractivity contribution is -0.116. The van der Waals surface area contributed by atoms with Gasteiger partial charge in [0.25, 0.3) is 11.6 Å². The first kappa shape index (κ1) is 21.0. The predicted molar refractivity (Wildman–Crippen MR) is 122 cm³/mol. The smallest absolute Gasteiger partial charge is 0.259 e. The topological polar surface area (TPSA) is 88.3 Å². The Bertz CT molecular complexity index is 1300. The van der Waals surface area contributed by atoms with Gasteiger partial charge in [-0.15, -0.1) is 11.3 Å². The average molecular weight is 455 g/mol. The molecule has 0 radical (unpaired) electrons. The Morgan fingerprint density at radius 1 is 1.19 bits per heavy atom. The van der Waals surface area contributed by atoms with Crippen LogP contribution in [0.5, 0.6) is 0 Å². The molecule has 0 spiro atoms. The maximum absolute atomic E-state index is 13.3. The van der Waals surface area contributed by atoms with Crippen molar-refractivity contribution >= 4 is 51.5 Å². The number of fused-ring (bicyclic) bond motifs is 1. The third-order valence-electron chi connectivity index (χ3n) is 4.68. The van der Waals surface area contributed by atoms with Crippen LogP contribution in [0.2, 0.25) is 5.02 Å². The number of aromatic nitrogens is 2. The number of hydrogen-bond acceptors (Lipinski definition) is 6. The van der Waals surface area contributed by atoms with Crippen molar-refractivity contribution in [2.45, 2.75) is 13.8 Å². The molecule has 3 heterocycles. The molecule has 2 amide bonds. The SMILES string of the molecule is Cc1ccc(-c2cc(C(=O)N(C)CC(=O)Nc3cccc(Cl)c3)c3c(C)noc3n2)s1. The van der Waals surface area contributed by atoms with Crippen molar-refractivity contribution < 1.29 is 14.1 Å². The lowest BCUT2D eigenvalue weighted by Gasteiger charge is -2.18. The fourth-order valence-corrected chi connectivity index (χ4v) is 4.24. The molecule has 0 atom stereocenters. The summed E-state index contributed by atoms with van der Waals surface area (Å²) in [5, 5.41) is 7.77. The van der Waals surface area contributed by atoms with E-state index < -0.39 is 0 Å². The molecule has 1 aromatic carbocycles. The Kier molecular flexibility index (Phi) is 5.75. The highest BCUT2D eigenvalue weighted by atomic mass is 35.5. The maximum Gasteiger partial charge on any atom is 0.259 e. The third kappa shape index (κ3) is 4.45. The van der Waals surface area contributed by atoms with Gasteiger partial charge < -0.3 is 14.7 Å². The van der Waals surface area contributed by atoms with E-state index in [-0.39, 0.29) is 18.4 Å². The Hall–Kier alpha value is -3.23. The van der Waals surface area contributed by atoms with Crippen LogP contribution < -0.4 is 5.32 Å². The number of likely N-dealkylation sites (N-methyl/N-ethyl adjacent to an activating group) is 1. The third-order valence-corrected chi connectivity index (χ3v) is 5.93. The minimum atomic E-state index is -0.334. The molecule has 0 aliphatic rings. The first-order valence-corrected chi connectivity index (χ1v) is 10.7. The highest BCUT2D eigenvalue weighted by Crippen LogP contribution is 2.31. The summed E-state index contributed by atoms with van der Waals surface area (Å²) in [5.41, 5.74) is 2.44. The summed E-state index contributed by atoms with van der Waals surface area (Å²) in [4.78, 5) is 33.7. The maximum atomic E-state index is 13.3. The molecule has 0 aliphatic carbocycles. The summed E-state index contributed by atoms with van der Waals surface area (Å²) in [6, 6.07) is 12.5. The summed E-state index contributed by atoms with van der Waals surface area (Å²) >= 11 is 7.53. The quantitative estimate of drug-likeness (QED) is 0.461. The first-order valence-electron chi connectivity index (χ1n) is 9.46. The monoisotopic (exact) mass is 454 g/mol. The van der Waals surface area contributed by atoms with Gasteiger partial charge in [-0.2, -0.15) is 0 Å². The molecule has 1 N–H and O–H groups in total. The van der Waals surface area contributed by atoms with Gasteiger partial charge in [-0.1, -0.05) is 22.8 Å². The summed E-state index contributed by atoms with van der Waals surface area (Å²) < 4.78 is 5.34. The van der Waals surface area contributed by atoms with Gasteiger partial charge in [-0.05, 0) is 50.2 Å². The lowest BCUT2D eigenvalue weighted by Crippen LogP contribution is -2.35. The second kappa shape index (κ2) is 8.49. The highest BCUT2D eigenvalue weighted by molar-refractivity contribution is 7.15. The van der Waals surface area contributed by atoms with E-state index >= 15 is 0 Å². The summed E-state index contributed by atoms with van der Waals surface area (Å²) in [6.07, 6.45) is 0. The molecule has 0 saturated carbocycles. The van der Waals surface area contributed by atoms with Crippen molar-refractivity contribution in [3.05, 3.63) is 63.6 Å². The molecule has 7 nitrogen and oxygen atoms in total. The first-order chi connectivity index (χ1) is 14.8. The van der Waals surface area contributed by atoms with Crippen LogP contribution in [0.4, 0.5) is 5.69 Å². The van der Waals surface area contributed by atoms with E-state index in [0.29, 0.717) is 38.8 Å². The molecule has 0 bridgehead atoms. The molecular weight excluding hydrogens is 436 g/mol. The number of carbonyl (C=O) groups excluding carboxylic acids is 2. The van der Waals surface area contributed by atoms with E-state index in [2.05, 4.69) is 15.5 Å². The number of amides is 2. The number of pyridine rings is 1. The minimum Gasteiger partial charge on any atom is -0.335 e. The van der Waals surface area contributed by atoms with E-state index in [1.54, 1.807) is 55.6 Å². The number of nitrogens with one attached hydrogen (secondary N) is 1. The molecule has 4 rings (SSSR count). The zero-order chi connectivity index (χ0) is 22.1. The molecule has 0 unspecified atom stereocenters. The standard InChI is InChI=1S/C22H19ClN4O3S/c1-12-7-8-18(31-12)17-10-16(20-13(2)26-30-21(20)25-17)22(29)27(3)11-19(28)24-15-6-4-5-14(23)9-15/h4-10H,11H2,1-3H3,(H,24,28). The Morgan fingerprint density at radius 3 is 2.71 bits per heavy atom. The number of thiophene rings is 1. The molecule has 3 aromatic heterocycles. The summed E-state index contributed by atoms with van der Waals surface area (Å²) in [5.74, 6) is -0.658. The number of halogens is 1. The summed E-state index contributed by atoms with van der Waals surface area (Å²) in [7, 11) is 1.57. The van der Waals surface area contributed by atoms with Gasteiger partial charge >= 0.3 is 0 Å². The van der Waals surface area contributed by atoms with Crippen molar-refractivity contribution in [3.8, 4) is 10.6 Å². The van der Waals surface area contributed by atoms with E-state index in [1.165, 1.54) is 4.90 Å². The number of carbonyl (C=O) groups is 2. The molecule has 0 aliphatic heterocycles. The average Bonchev–Trinajstić information content (AvgIpc) is 3.32. The Morgan fingerprint density at radius 2 is 2.00 bits per heavy atom. The second-order valence-corrected chi connectivity index (χ2v) is 8.86. The fraction of sp³-hybridized carbons (Fsp3) is 0.182. The van der Waals surface area contributed by atoms with E-state index in [9.17, 15) is 9.59 Å². The molecule has 4 aromatic rings. The van der Waals surface area contributed by atoms with Crippen LogP contribution in [0.1, 0.15) is 20.9 Å². The van der Waals surface area contributed by atoms with Gasteiger partial charge in [0.15, 0.2) is 0 Å². The predicted octanol–water partition coefficient (Wildman–Crippen LogP) is 4.93. The Labute approximate surface area is 187 Å². The molecule has 0 saturated heterocycles. The minimum absolute atomic E-state index is 0.132.